The summed E-state index contributed by atoms with van der Waals surface area (Å²) in [4.78, 5) is 18.8. The van der Waals surface area contributed by atoms with Crippen molar-refractivity contribution in [2.45, 2.75) is 45.1 Å². The van der Waals surface area contributed by atoms with Crippen LogP contribution in [0.5, 0.6) is 0 Å². The van der Waals surface area contributed by atoms with Crippen LogP contribution < -0.4 is 5.32 Å². The normalized spacial score (nSPS) is 15.2. The Morgan fingerprint density at radius 3 is 2.47 bits per heavy atom. The second kappa shape index (κ2) is 4.83. The number of carbonyl (C=O) groups excluding carboxylic acids is 1. The van der Waals surface area contributed by atoms with E-state index >= 15 is 0 Å². The lowest BCUT2D eigenvalue weighted by Crippen LogP contribution is -2.29. The van der Waals surface area contributed by atoms with Crippen LogP contribution in [0.4, 0.5) is 5.82 Å². The minimum atomic E-state index is -0.0694. The number of pyridine rings is 1. The minimum absolute atomic E-state index is 0.0694. The van der Waals surface area contributed by atoms with E-state index in [-0.39, 0.29) is 11.3 Å². The highest BCUT2D eigenvalue weighted by Gasteiger charge is 2.30. The Morgan fingerprint density at radius 2 is 2.00 bits per heavy atom. The number of nitrogens with zero attached hydrogens (tertiary/aromatic N) is 2. The monoisotopic (exact) mass is 261 g/mol. The van der Waals surface area contributed by atoms with Crippen molar-refractivity contribution >= 4 is 11.7 Å². The van der Waals surface area contributed by atoms with Crippen molar-refractivity contribution in [1.29, 1.82) is 0 Å². The van der Waals surface area contributed by atoms with Crippen LogP contribution in [0.2, 0.25) is 0 Å². The molecule has 1 N–H and O–H groups in total. The molecule has 19 heavy (non-hydrogen) atoms. The number of hydrogen-bond donors (Lipinski definition) is 1. The van der Waals surface area contributed by atoms with Crippen LogP contribution in [-0.2, 0) is 5.41 Å². The molecule has 104 valence electrons. The number of hydrogen-bond acceptors (Lipinski definition) is 3. The van der Waals surface area contributed by atoms with Gasteiger partial charge in [-0.3, -0.25) is 4.79 Å². The largest absolute Gasteiger partial charge is 0.373 e. The van der Waals surface area contributed by atoms with Gasteiger partial charge < -0.3 is 10.2 Å². The maximum Gasteiger partial charge on any atom is 0.254 e. The topological polar surface area (TPSA) is 45.2 Å². The van der Waals surface area contributed by atoms with Crippen molar-refractivity contribution in [2.75, 3.05) is 19.4 Å². The van der Waals surface area contributed by atoms with Crippen LogP contribution >= 0.6 is 0 Å². The summed E-state index contributed by atoms with van der Waals surface area (Å²) in [7, 11) is 3.71. The highest BCUT2D eigenvalue weighted by atomic mass is 16.2. The van der Waals surface area contributed by atoms with Gasteiger partial charge in [-0.15, -0.1) is 0 Å². The first-order valence-corrected chi connectivity index (χ1v) is 6.80. The third-order valence-electron chi connectivity index (χ3n) is 3.51. The van der Waals surface area contributed by atoms with E-state index in [2.05, 4.69) is 31.1 Å². The number of anilines is 1. The predicted molar refractivity (Wildman–Crippen MR) is 77.6 cm³/mol. The standard InChI is InChI=1S/C15H23N3O/c1-15(2,3)12-8-10(9-13(16-4)17-12)14(19)18(5)11-6-7-11/h8-9,11H,6-7H2,1-5H3,(H,16,17). The second-order valence-corrected chi connectivity index (χ2v) is 6.27. The molecule has 0 spiro atoms. The molecule has 4 heteroatoms. The van der Waals surface area contributed by atoms with Gasteiger partial charge in [-0.25, -0.2) is 4.98 Å². The zero-order chi connectivity index (χ0) is 14.2. The van der Waals surface area contributed by atoms with Crippen molar-refractivity contribution in [1.82, 2.24) is 9.88 Å². The average molecular weight is 261 g/mol. The van der Waals surface area contributed by atoms with Gasteiger partial charge in [-0.05, 0) is 25.0 Å². The van der Waals surface area contributed by atoms with Crippen molar-refractivity contribution in [3.05, 3.63) is 23.4 Å². The molecule has 1 aliphatic rings. The number of aromatic nitrogens is 1. The van der Waals surface area contributed by atoms with Crippen molar-refractivity contribution in [3.8, 4) is 0 Å². The first-order chi connectivity index (χ1) is 8.82. The molecule has 0 saturated heterocycles. The predicted octanol–water partition coefficient (Wildman–Crippen LogP) is 2.66. The lowest BCUT2D eigenvalue weighted by atomic mass is 9.90. The number of nitrogens with one attached hydrogen (secondary N) is 1. The van der Waals surface area contributed by atoms with Crippen LogP contribution in [0.15, 0.2) is 12.1 Å². The lowest BCUT2D eigenvalue weighted by molar-refractivity contribution is 0.0785. The van der Waals surface area contributed by atoms with Crippen LogP contribution in [0, 0.1) is 0 Å². The molecular weight excluding hydrogens is 238 g/mol. The molecule has 1 saturated carbocycles. The zero-order valence-electron chi connectivity index (χ0n) is 12.4. The van der Waals surface area contributed by atoms with Crippen molar-refractivity contribution in [3.63, 3.8) is 0 Å². The van der Waals surface area contributed by atoms with Gasteiger partial charge in [0.1, 0.15) is 5.82 Å². The lowest BCUT2D eigenvalue weighted by Gasteiger charge is -2.21. The highest BCUT2D eigenvalue weighted by molar-refractivity contribution is 5.95. The summed E-state index contributed by atoms with van der Waals surface area (Å²) in [5.74, 6) is 0.840. The van der Waals surface area contributed by atoms with E-state index in [4.69, 9.17) is 0 Å². The summed E-state index contributed by atoms with van der Waals surface area (Å²) in [5.41, 5.74) is 1.59. The van der Waals surface area contributed by atoms with Gasteiger partial charge in [0, 0.05) is 36.8 Å². The van der Waals surface area contributed by atoms with Gasteiger partial charge in [0.25, 0.3) is 5.91 Å². The Bertz CT molecular complexity index is 487. The average Bonchev–Trinajstić information content (AvgIpc) is 3.19. The van der Waals surface area contributed by atoms with Gasteiger partial charge >= 0.3 is 0 Å². The third-order valence-corrected chi connectivity index (χ3v) is 3.51. The molecule has 2 rings (SSSR count). The molecule has 0 unspecified atom stereocenters. The van der Waals surface area contributed by atoms with Crippen LogP contribution in [0.1, 0.15) is 49.7 Å². The van der Waals surface area contributed by atoms with Crippen LogP contribution in [-0.4, -0.2) is 35.9 Å². The fourth-order valence-corrected chi connectivity index (χ4v) is 2.00. The molecular formula is C15H23N3O. The number of carbonyl (C=O) groups is 1. The Morgan fingerprint density at radius 1 is 1.37 bits per heavy atom. The van der Waals surface area contributed by atoms with Gasteiger partial charge in [0.15, 0.2) is 0 Å². The molecule has 4 nitrogen and oxygen atoms in total. The maximum atomic E-state index is 12.4. The molecule has 1 aromatic rings. The number of amides is 1. The Hall–Kier alpha value is -1.58. The Kier molecular flexibility index (Phi) is 3.52. The maximum absolute atomic E-state index is 12.4. The summed E-state index contributed by atoms with van der Waals surface area (Å²) in [5, 5.41) is 3.04. The summed E-state index contributed by atoms with van der Waals surface area (Å²) in [6.07, 6.45) is 2.25. The molecule has 0 bridgehead atoms. The molecule has 0 aliphatic heterocycles. The second-order valence-electron chi connectivity index (χ2n) is 6.27. The summed E-state index contributed by atoms with van der Waals surface area (Å²) >= 11 is 0. The van der Waals surface area contributed by atoms with Gasteiger partial charge in [-0.2, -0.15) is 0 Å². The molecule has 1 amide bonds. The van der Waals surface area contributed by atoms with E-state index in [0.717, 1.165) is 29.9 Å². The van der Waals surface area contributed by atoms with E-state index < -0.39 is 0 Å². The molecule has 1 aromatic heterocycles. The van der Waals surface area contributed by atoms with Crippen molar-refractivity contribution in [2.24, 2.45) is 0 Å². The fraction of sp³-hybridized carbons (Fsp3) is 0.600. The van der Waals surface area contributed by atoms with Crippen LogP contribution in [0.3, 0.4) is 0 Å². The van der Waals surface area contributed by atoms with E-state index in [1.165, 1.54) is 0 Å². The minimum Gasteiger partial charge on any atom is -0.373 e. The summed E-state index contributed by atoms with van der Waals surface area (Å²) in [6, 6.07) is 4.18. The quantitative estimate of drug-likeness (QED) is 0.909. The first kappa shape index (κ1) is 13.8. The van der Waals surface area contributed by atoms with E-state index in [1.807, 2.05) is 31.1 Å². The molecule has 0 atom stereocenters. The molecule has 1 heterocycles. The van der Waals surface area contributed by atoms with E-state index in [1.54, 1.807) is 0 Å². The Labute approximate surface area is 115 Å². The molecule has 1 fully saturated rings. The molecule has 0 aromatic carbocycles. The summed E-state index contributed by atoms with van der Waals surface area (Å²) < 4.78 is 0. The van der Waals surface area contributed by atoms with Gasteiger partial charge in [0.2, 0.25) is 0 Å². The van der Waals surface area contributed by atoms with Crippen molar-refractivity contribution < 1.29 is 4.79 Å². The molecule has 0 radical (unpaired) electrons. The smallest absolute Gasteiger partial charge is 0.254 e. The number of rotatable bonds is 3. The van der Waals surface area contributed by atoms with E-state index in [0.29, 0.717) is 6.04 Å². The summed E-state index contributed by atoms with van der Waals surface area (Å²) in [6.45, 7) is 6.31. The Balaban J connectivity index is 2.36. The SMILES string of the molecule is CNc1cc(C(=O)N(C)C2CC2)cc(C(C)(C)C)n1. The molecule has 1 aliphatic carbocycles. The third kappa shape index (κ3) is 3.06. The fourth-order valence-electron chi connectivity index (χ4n) is 2.00. The van der Waals surface area contributed by atoms with Crippen LogP contribution in [0.25, 0.3) is 0 Å². The van der Waals surface area contributed by atoms with Gasteiger partial charge in [-0.1, -0.05) is 20.8 Å². The highest BCUT2D eigenvalue weighted by Crippen LogP contribution is 2.28. The van der Waals surface area contributed by atoms with E-state index in [9.17, 15) is 4.79 Å². The van der Waals surface area contributed by atoms with Gasteiger partial charge in [0.05, 0.1) is 0 Å². The zero-order valence-corrected chi connectivity index (χ0v) is 12.4. The first-order valence-electron chi connectivity index (χ1n) is 6.80.